The third-order valence-corrected chi connectivity index (χ3v) is 3.42. The van der Waals surface area contributed by atoms with E-state index in [0.717, 1.165) is 30.4 Å². The molecule has 0 aliphatic carbocycles. The molecule has 1 N–H and O–H groups in total. The van der Waals surface area contributed by atoms with Crippen molar-refractivity contribution in [3.63, 3.8) is 0 Å². The van der Waals surface area contributed by atoms with E-state index in [1.807, 2.05) is 19.1 Å². The third-order valence-electron chi connectivity index (χ3n) is 2.95. The van der Waals surface area contributed by atoms with Gasteiger partial charge in [0.15, 0.2) is 0 Å². The fourth-order valence-corrected chi connectivity index (χ4v) is 2.19. The molecule has 0 spiro atoms. The Bertz CT molecular complexity index is 424. The van der Waals surface area contributed by atoms with Crippen molar-refractivity contribution in [2.45, 2.75) is 25.9 Å². The predicted molar refractivity (Wildman–Crippen MR) is 76.2 cm³/mol. The van der Waals surface area contributed by atoms with E-state index in [1.54, 1.807) is 11.1 Å². The minimum atomic E-state index is -0.00304. The Labute approximate surface area is 121 Å². The maximum atomic E-state index is 11.8. The zero-order valence-electron chi connectivity index (χ0n) is 10.9. The van der Waals surface area contributed by atoms with Gasteiger partial charge >= 0.3 is 6.03 Å². The Hall–Kier alpha value is -1.30. The molecule has 2 heterocycles. The maximum Gasteiger partial charge on any atom is 0.317 e. The molecule has 1 aliphatic rings. The van der Waals surface area contributed by atoms with Crippen molar-refractivity contribution < 1.29 is 9.53 Å². The molecule has 0 aromatic carbocycles. The van der Waals surface area contributed by atoms with Crippen LogP contribution >= 0.6 is 15.9 Å². The minimum absolute atomic E-state index is 0.00304. The number of aromatic nitrogens is 1. The van der Waals surface area contributed by atoms with Gasteiger partial charge < -0.3 is 15.0 Å². The van der Waals surface area contributed by atoms with Crippen LogP contribution in [-0.4, -0.2) is 41.7 Å². The lowest BCUT2D eigenvalue weighted by molar-refractivity contribution is 0.183. The molecule has 1 fully saturated rings. The first-order valence-electron chi connectivity index (χ1n) is 6.50. The van der Waals surface area contributed by atoms with Crippen LogP contribution in [0.25, 0.3) is 0 Å². The smallest absolute Gasteiger partial charge is 0.317 e. The molecule has 1 atom stereocenters. The lowest BCUT2D eigenvalue weighted by atomic mass is 10.3. The zero-order chi connectivity index (χ0) is 13.7. The van der Waals surface area contributed by atoms with Crippen molar-refractivity contribution in [3.8, 4) is 5.88 Å². The quantitative estimate of drug-likeness (QED) is 0.923. The fourth-order valence-electron chi connectivity index (χ4n) is 1.96. The largest absolute Gasteiger partial charge is 0.472 e. The van der Waals surface area contributed by atoms with Crippen LogP contribution in [0.15, 0.2) is 22.8 Å². The summed E-state index contributed by atoms with van der Waals surface area (Å²) in [5.74, 6) is 0.601. The molecule has 2 amide bonds. The van der Waals surface area contributed by atoms with Crippen molar-refractivity contribution >= 4 is 22.0 Å². The molecule has 0 saturated carbocycles. The first-order chi connectivity index (χ1) is 9.19. The Morgan fingerprint density at radius 2 is 2.47 bits per heavy atom. The first kappa shape index (κ1) is 14.1. The summed E-state index contributed by atoms with van der Waals surface area (Å²) >= 11 is 3.33. The second-order valence-corrected chi connectivity index (χ2v) is 5.44. The lowest BCUT2D eigenvalue weighted by Crippen LogP contribution is -2.39. The van der Waals surface area contributed by atoms with E-state index < -0.39 is 0 Å². The highest BCUT2D eigenvalue weighted by molar-refractivity contribution is 9.10. The van der Waals surface area contributed by atoms with Gasteiger partial charge in [0.25, 0.3) is 0 Å². The Morgan fingerprint density at radius 3 is 3.16 bits per heavy atom. The summed E-state index contributed by atoms with van der Waals surface area (Å²) in [5, 5.41) is 2.88. The van der Waals surface area contributed by atoms with E-state index in [1.165, 1.54) is 0 Å². The van der Waals surface area contributed by atoms with Crippen LogP contribution in [-0.2, 0) is 0 Å². The predicted octanol–water partition coefficient (Wildman–Crippen LogP) is 2.42. The van der Waals surface area contributed by atoms with Crippen molar-refractivity contribution in [3.05, 3.63) is 22.8 Å². The number of hydrogen-bond acceptors (Lipinski definition) is 3. The number of nitrogens with zero attached hydrogens (tertiary/aromatic N) is 2. The molecule has 0 bridgehead atoms. The molecule has 1 aromatic rings. The number of carbonyl (C=O) groups excluding carboxylic acids is 1. The van der Waals surface area contributed by atoms with E-state index in [-0.39, 0.29) is 12.1 Å². The number of ether oxygens (including phenoxy) is 1. The summed E-state index contributed by atoms with van der Waals surface area (Å²) in [6.07, 6.45) is 3.52. The van der Waals surface area contributed by atoms with Crippen molar-refractivity contribution in [2.24, 2.45) is 0 Å². The maximum absolute atomic E-state index is 11.8. The van der Waals surface area contributed by atoms with E-state index in [2.05, 4.69) is 26.2 Å². The van der Waals surface area contributed by atoms with Crippen molar-refractivity contribution in [2.75, 3.05) is 19.6 Å². The molecule has 2 rings (SSSR count). The summed E-state index contributed by atoms with van der Waals surface area (Å²) in [5.41, 5.74) is 0. The summed E-state index contributed by atoms with van der Waals surface area (Å²) in [4.78, 5) is 17.7. The molecule has 104 valence electrons. The molecule has 1 unspecified atom stereocenters. The number of pyridine rings is 1. The highest BCUT2D eigenvalue weighted by Crippen LogP contribution is 2.18. The van der Waals surface area contributed by atoms with Gasteiger partial charge in [-0.3, -0.25) is 0 Å². The molecule has 5 nitrogen and oxygen atoms in total. The van der Waals surface area contributed by atoms with Crippen LogP contribution < -0.4 is 10.1 Å². The zero-order valence-corrected chi connectivity index (χ0v) is 12.5. The molecule has 1 aliphatic heterocycles. The molecule has 0 radical (unpaired) electrons. The second-order valence-electron chi connectivity index (χ2n) is 4.52. The van der Waals surface area contributed by atoms with Gasteiger partial charge in [0.05, 0.1) is 6.54 Å². The van der Waals surface area contributed by atoms with Crippen LogP contribution in [0.3, 0.4) is 0 Å². The second kappa shape index (κ2) is 6.75. The first-order valence-corrected chi connectivity index (χ1v) is 7.29. The average molecular weight is 328 g/mol. The summed E-state index contributed by atoms with van der Waals surface area (Å²) in [6.45, 7) is 4.11. The minimum Gasteiger partial charge on any atom is -0.472 e. The normalized spacial score (nSPS) is 18.4. The molecular weight excluding hydrogens is 310 g/mol. The number of nitrogens with one attached hydrogen (secondary N) is 1. The molecule has 1 aromatic heterocycles. The van der Waals surface area contributed by atoms with Gasteiger partial charge in [0.1, 0.15) is 6.10 Å². The lowest BCUT2D eigenvalue weighted by Gasteiger charge is -2.17. The van der Waals surface area contributed by atoms with Gasteiger partial charge in [-0.2, -0.15) is 0 Å². The van der Waals surface area contributed by atoms with Gasteiger partial charge in [-0.15, -0.1) is 0 Å². The van der Waals surface area contributed by atoms with Crippen LogP contribution in [0.1, 0.15) is 19.8 Å². The highest BCUT2D eigenvalue weighted by Gasteiger charge is 2.27. The van der Waals surface area contributed by atoms with Crippen LogP contribution in [0, 0.1) is 0 Å². The molecule has 6 heteroatoms. The highest BCUT2D eigenvalue weighted by atomic mass is 79.9. The van der Waals surface area contributed by atoms with Gasteiger partial charge in [-0.25, -0.2) is 9.78 Å². The standard InChI is InChI=1S/C13H18BrN3O2/c1-2-6-15-13(18)17-7-5-11(9-17)19-12-4-3-10(14)8-16-12/h3-4,8,11H,2,5-7,9H2,1H3,(H,15,18). The van der Waals surface area contributed by atoms with Crippen LogP contribution in [0.4, 0.5) is 4.79 Å². The average Bonchev–Trinajstić information content (AvgIpc) is 2.87. The number of amides is 2. The number of rotatable bonds is 4. The van der Waals surface area contributed by atoms with Gasteiger partial charge in [0.2, 0.25) is 5.88 Å². The van der Waals surface area contributed by atoms with E-state index >= 15 is 0 Å². The monoisotopic (exact) mass is 327 g/mol. The van der Waals surface area contributed by atoms with Gasteiger partial charge in [0, 0.05) is 36.2 Å². The van der Waals surface area contributed by atoms with E-state index in [0.29, 0.717) is 12.4 Å². The summed E-state index contributed by atoms with van der Waals surface area (Å²) in [6, 6.07) is 3.71. The van der Waals surface area contributed by atoms with E-state index in [9.17, 15) is 4.79 Å². The molecule has 19 heavy (non-hydrogen) atoms. The Morgan fingerprint density at radius 1 is 1.63 bits per heavy atom. The Balaban J connectivity index is 1.81. The van der Waals surface area contributed by atoms with Gasteiger partial charge in [-0.1, -0.05) is 6.92 Å². The SMILES string of the molecule is CCCNC(=O)N1CCC(Oc2ccc(Br)cn2)C1. The number of urea groups is 1. The van der Waals surface area contributed by atoms with Crippen LogP contribution in [0.5, 0.6) is 5.88 Å². The number of halogens is 1. The van der Waals surface area contributed by atoms with Crippen molar-refractivity contribution in [1.82, 2.24) is 15.2 Å². The number of hydrogen-bond donors (Lipinski definition) is 1. The summed E-state index contributed by atoms with van der Waals surface area (Å²) < 4.78 is 6.68. The molecular formula is C13H18BrN3O2. The number of likely N-dealkylation sites (tertiary alicyclic amines) is 1. The van der Waals surface area contributed by atoms with Crippen molar-refractivity contribution in [1.29, 1.82) is 0 Å². The van der Waals surface area contributed by atoms with Crippen LogP contribution in [0.2, 0.25) is 0 Å². The fraction of sp³-hybridized carbons (Fsp3) is 0.538. The Kier molecular flexibility index (Phi) is 5.01. The van der Waals surface area contributed by atoms with E-state index in [4.69, 9.17) is 4.74 Å². The third kappa shape index (κ3) is 4.09. The molecule has 1 saturated heterocycles. The number of carbonyl (C=O) groups is 1. The summed E-state index contributed by atoms with van der Waals surface area (Å²) in [7, 11) is 0. The topological polar surface area (TPSA) is 54.5 Å². The van der Waals surface area contributed by atoms with Gasteiger partial charge in [-0.05, 0) is 28.4 Å².